The summed E-state index contributed by atoms with van der Waals surface area (Å²) < 4.78 is 4.40. The maximum Gasteiger partial charge on any atom is 0.266 e. The van der Waals surface area contributed by atoms with Crippen molar-refractivity contribution in [2.24, 2.45) is 0 Å². The van der Waals surface area contributed by atoms with Crippen LogP contribution in [0.25, 0.3) is 66.1 Å². The predicted molar refractivity (Wildman–Crippen MR) is 203 cm³/mol. The summed E-state index contributed by atoms with van der Waals surface area (Å²) >= 11 is 0. The Morgan fingerprint density at radius 2 is 0.980 bits per heavy atom. The second-order valence-electron chi connectivity index (χ2n) is 12.7. The molecule has 0 radical (unpaired) electrons. The first-order chi connectivity index (χ1) is 25.1. The summed E-state index contributed by atoms with van der Waals surface area (Å²) in [5.41, 5.74) is 9.07. The summed E-state index contributed by atoms with van der Waals surface area (Å²) in [4.78, 5) is 28.9. The van der Waals surface area contributed by atoms with E-state index in [1.54, 1.807) is 36.4 Å². The Hall–Kier alpha value is -7.23. The normalized spacial score (nSPS) is 12.7. The largest absolute Gasteiger partial charge is 0.309 e. The number of amides is 2. The van der Waals surface area contributed by atoms with Gasteiger partial charge in [-0.3, -0.25) is 9.59 Å². The number of benzene rings is 7. The zero-order chi connectivity index (χ0) is 34.2. The third-order valence-electron chi connectivity index (χ3n) is 10.1. The lowest BCUT2D eigenvalue weighted by atomic mass is 10.1. The summed E-state index contributed by atoms with van der Waals surface area (Å²) in [7, 11) is 0. The molecule has 10 rings (SSSR count). The molecule has 0 saturated heterocycles. The van der Waals surface area contributed by atoms with E-state index in [-0.39, 0.29) is 11.3 Å². The van der Waals surface area contributed by atoms with Crippen molar-refractivity contribution in [2.75, 3.05) is 4.90 Å². The highest BCUT2D eigenvalue weighted by Gasteiger charge is 2.39. The second-order valence-corrected chi connectivity index (χ2v) is 12.7. The molecule has 6 nitrogen and oxygen atoms in total. The van der Waals surface area contributed by atoms with Gasteiger partial charge in [0.2, 0.25) is 0 Å². The number of imide groups is 1. The zero-order valence-corrected chi connectivity index (χ0v) is 27.1. The van der Waals surface area contributed by atoms with Gasteiger partial charge in [-0.05, 0) is 71.8 Å². The Morgan fingerprint density at radius 3 is 1.61 bits per heavy atom. The Labute approximate surface area is 292 Å². The van der Waals surface area contributed by atoms with Crippen molar-refractivity contribution >= 4 is 61.1 Å². The highest BCUT2D eigenvalue weighted by atomic mass is 16.2. The van der Waals surface area contributed by atoms with Crippen molar-refractivity contribution < 1.29 is 9.59 Å². The Bertz CT molecular complexity index is 2930. The molecule has 238 valence electrons. The van der Waals surface area contributed by atoms with Gasteiger partial charge in [0, 0.05) is 27.2 Å². The molecule has 6 heteroatoms. The summed E-state index contributed by atoms with van der Waals surface area (Å²) in [6.07, 6.45) is 0. The Balaban J connectivity index is 1.26. The van der Waals surface area contributed by atoms with Crippen LogP contribution in [0.4, 0.5) is 5.69 Å². The van der Waals surface area contributed by atoms with Crippen molar-refractivity contribution in [3.63, 3.8) is 0 Å². The number of rotatable bonds is 4. The van der Waals surface area contributed by atoms with Gasteiger partial charge < -0.3 is 9.13 Å². The minimum absolute atomic E-state index is 0.240. The summed E-state index contributed by atoms with van der Waals surface area (Å²) in [6.45, 7) is 0. The fraction of sp³-hybridized carbons (Fsp3) is 0. The number of aromatic nitrogens is 2. The standard InChI is InChI=1S/C45H26N4O2/c46-27-30-13-10-20-40(43(30)49-44(50)32-14-4-5-15-33(32)45(49)51)48-37-19-9-7-17-35(37)42-39(48)26-25-38-41(42)34-16-6-8-18-36(34)47(38)31-23-21-29(22-24-31)28-11-2-1-3-12-28/h1-26H. The summed E-state index contributed by atoms with van der Waals surface area (Å²) in [6, 6.07) is 54.4. The van der Waals surface area contributed by atoms with Crippen LogP contribution in [0.1, 0.15) is 26.3 Å². The highest BCUT2D eigenvalue weighted by Crippen LogP contribution is 2.44. The van der Waals surface area contributed by atoms with Gasteiger partial charge in [-0.15, -0.1) is 0 Å². The summed E-state index contributed by atoms with van der Waals surface area (Å²) in [5.74, 6) is -0.881. The highest BCUT2D eigenvalue weighted by molar-refractivity contribution is 6.36. The van der Waals surface area contributed by atoms with Gasteiger partial charge in [0.15, 0.2) is 0 Å². The molecule has 0 aliphatic carbocycles. The molecule has 0 N–H and O–H groups in total. The first kappa shape index (κ1) is 28.8. The van der Waals surface area contributed by atoms with Crippen LogP contribution in [0, 0.1) is 11.3 Å². The van der Waals surface area contributed by atoms with Crippen LogP contribution in [0.3, 0.4) is 0 Å². The van der Waals surface area contributed by atoms with E-state index in [1.807, 2.05) is 30.3 Å². The van der Waals surface area contributed by atoms with Gasteiger partial charge in [-0.2, -0.15) is 5.26 Å². The third kappa shape index (κ3) is 4.03. The minimum atomic E-state index is -0.441. The molecule has 51 heavy (non-hydrogen) atoms. The zero-order valence-electron chi connectivity index (χ0n) is 27.1. The molecule has 0 saturated carbocycles. The van der Waals surface area contributed by atoms with Gasteiger partial charge in [0.25, 0.3) is 11.8 Å². The number of nitriles is 1. The first-order valence-corrected chi connectivity index (χ1v) is 16.8. The number of anilines is 1. The topological polar surface area (TPSA) is 71.0 Å². The number of nitrogens with zero attached hydrogens (tertiary/aromatic N) is 4. The molecular weight excluding hydrogens is 629 g/mol. The molecule has 0 fully saturated rings. The fourth-order valence-corrected chi connectivity index (χ4v) is 7.92. The lowest BCUT2D eigenvalue weighted by Gasteiger charge is -2.21. The molecule has 2 aromatic heterocycles. The number of hydrogen-bond acceptors (Lipinski definition) is 3. The van der Waals surface area contributed by atoms with E-state index in [9.17, 15) is 14.9 Å². The van der Waals surface area contributed by atoms with Gasteiger partial charge in [-0.1, -0.05) is 97.1 Å². The van der Waals surface area contributed by atoms with Crippen molar-refractivity contribution in [3.8, 4) is 28.6 Å². The maximum atomic E-state index is 13.9. The van der Waals surface area contributed by atoms with Crippen LogP contribution >= 0.6 is 0 Å². The SMILES string of the molecule is N#Cc1cccc(-n2c3ccccc3c3c4c5ccccc5n(-c5ccc(-c6ccccc6)cc5)c4ccc32)c1N1C(=O)c2ccccc2C1=O. The van der Waals surface area contributed by atoms with Crippen LogP contribution < -0.4 is 4.90 Å². The van der Waals surface area contributed by atoms with E-state index in [0.717, 1.165) is 54.9 Å². The van der Waals surface area contributed by atoms with Crippen LogP contribution in [0.15, 0.2) is 158 Å². The van der Waals surface area contributed by atoms with Gasteiger partial charge in [-0.25, -0.2) is 4.90 Å². The van der Waals surface area contributed by atoms with E-state index in [2.05, 4.69) is 106 Å². The van der Waals surface area contributed by atoms with E-state index >= 15 is 0 Å². The average Bonchev–Trinajstić information content (AvgIpc) is 3.79. The van der Waals surface area contributed by atoms with Gasteiger partial charge >= 0.3 is 0 Å². The van der Waals surface area contributed by atoms with Crippen molar-refractivity contribution in [2.45, 2.75) is 0 Å². The van der Waals surface area contributed by atoms with Crippen LogP contribution in [-0.4, -0.2) is 20.9 Å². The van der Waals surface area contributed by atoms with Crippen molar-refractivity contribution in [1.29, 1.82) is 5.26 Å². The number of carbonyl (C=O) groups is 2. The van der Waals surface area contributed by atoms with E-state index in [4.69, 9.17) is 0 Å². The van der Waals surface area contributed by atoms with E-state index in [1.165, 1.54) is 10.5 Å². The van der Waals surface area contributed by atoms with Crippen LogP contribution in [-0.2, 0) is 0 Å². The van der Waals surface area contributed by atoms with Crippen molar-refractivity contribution in [3.05, 3.63) is 174 Å². The molecule has 7 aromatic carbocycles. The molecule has 0 unspecified atom stereocenters. The van der Waals surface area contributed by atoms with E-state index < -0.39 is 11.8 Å². The molecule has 1 aliphatic heterocycles. The smallest absolute Gasteiger partial charge is 0.266 e. The molecule has 0 spiro atoms. The molecule has 0 bridgehead atoms. The maximum absolute atomic E-state index is 13.9. The lowest BCUT2D eigenvalue weighted by molar-refractivity contribution is 0.0926. The first-order valence-electron chi connectivity index (χ1n) is 16.8. The molecule has 2 amide bonds. The molecular formula is C45H26N4O2. The quantitative estimate of drug-likeness (QED) is 0.177. The van der Waals surface area contributed by atoms with Gasteiger partial charge in [0.1, 0.15) is 6.07 Å². The second kappa shape index (κ2) is 10.9. The summed E-state index contributed by atoms with van der Waals surface area (Å²) in [5, 5.41) is 14.6. The molecule has 9 aromatic rings. The monoisotopic (exact) mass is 654 g/mol. The number of hydrogen-bond donors (Lipinski definition) is 0. The molecule has 1 aliphatic rings. The molecule has 0 atom stereocenters. The van der Waals surface area contributed by atoms with E-state index in [0.29, 0.717) is 16.8 Å². The van der Waals surface area contributed by atoms with Crippen molar-refractivity contribution in [1.82, 2.24) is 9.13 Å². The minimum Gasteiger partial charge on any atom is -0.309 e. The fourth-order valence-electron chi connectivity index (χ4n) is 7.92. The number of carbonyl (C=O) groups excluding carboxylic acids is 2. The van der Waals surface area contributed by atoms with Crippen LogP contribution in [0.2, 0.25) is 0 Å². The number of para-hydroxylation sites is 3. The predicted octanol–water partition coefficient (Wildman–Crippen LogP) is 10.2. The Kier molecular flexibility index (Phi) is 6.14. The van der Waals surface area contributed by atoms with Gasteiger partial charge in [0.05, 0.1) is 50.1 Å². The number of fused-ring (bicyclic) bond motifs is 8. The Morgan fingerprint density at radius 1 is 0.451 bits per heavy atom. The third-order valence-corrected chi connectivity index (χ3v) is 10.1. The average molecular weight is 655 g/mol. The van der Waals surface area contributed by atoms with Crippen LogP contribution in [0.5, 0.6) is 0 Å². The molecule has 3 heterocycles. The lowest BCUT2D eigenvalue weighted by Crippen LogP contribution is -2.31.